The second-order valence-corrected chi connectivity index (χ2v) is 2.10. The maximum Gasteiger partial charge on any atom is 0.204 e. The molecular weight excluding hydrogens is 156 g/mol. The van der Waals surface area contributed by atoms with Crippen molar-refractivity contribution in [3.63, 3.8) is 0 Å². The fraction of sp³-hybridized carbons (Fsp3) is 0.429. The number of anilines is 2. The van der Waals surface area contributed by atoms with Gasteiger partial charge in [-0.25, -0.2) is 9.97 Å². The summed E-state index contributed by atoms with van der Waals surface area (Å²) in [7, 11) is 5.15. The van der Waals surface area contributed by atoms with E-state index in [0.717, 1.165) is 0 Å². The Labute approximate surface area is 71.2 Å². The lowest BCUT2D eigenvalue weighted by atomic mass is 10.4. The van der Waals surface area contributed by atoms with Crippen molar-refractivity contribution < 1.29 is 4.74 Å². The maximum atomic E-state index is 5.11. The Morgan fingerprint density at radius 1 is 1.17 bits per heavy atom. The highest BCUT2D eigenvalue weighted by atomic mass is 16.5. The number of nitrogens with one attached hydrogen (secondary N) is 2. The van der Waals surface area contributed by atoms with Gasteiger partial charge in [0.25, 0.3) is 0 Å². The van der Waals surface area contributed by atoms with Gasteiger partial charge in [0, 0.05) is 14.1 Å². The van der Waals surface area contributed by atoms with Crippen LogP contribution in [0.25, 0.3) is 0 Å². The molecule has 0 aromatic carbocycles. The molecule has 5 heteroatoms. The molecule has 0 aliphatic carbocycles. The number of hydrogen-bond donors (Lipinski definition) is 2. The van der Waals surface area contributed by atoms with Gasteiger partial charge < -0.3 is 15.4 Å². The van der Waals surface area contributed by atoms with Gasteiger partial charge in [0.1, 0.15) is 6.33 Å². The minimum Gasteiger partial charge on any atom is -0.490 e. The van der Waals surface area contributed by atoms with Gasteiger partial charge in [-0.2, -0.15) is 0 Å². The lowest BCUT2D eigenvalue weighted by Gasteiger charge is -2.09. The first-order chi connectivity index (χ1) is 5.83. The molecule has 12 heavy (non-hydrogen) atoms. The molecule has 0 bridgehead atoms. The summed E-state index contributed by atoms with van der Waals surface area (Å²) < 4.78 is 5.11. The van der Waals surface area contributed by atoms with Crippen LogP contribution < -0.4 is 15.4 Å². The summed E-state index contributed by atoms with van der Waals surface area (Å²) in [6, 6.07) is 0. The van der Waals surface area contributed by atoms with Gasteiger partial charge in [-0.1, -0.05) is 0 Å². The third-order valence-corrected chi connectivity index (χ3v) is 1.48. The molecule has 66 valence electrons. The number of rotatable bonds is 3. The van der Waals surface area contributed by atoms with Crippen molar-refractivity contribution in [1.82, 2.24) is 9.97 Å². The van der Waals surface area contributed by atoms with Gasteiger partial charge in [-0.3, -0.25) is 0 Å². The topological polar surface area (TPSA) is 59.1 Å². The highest BCUT2D eigenvalue weighted by Crippen LogP contribution is 2.27. The van der Waals surface area contributed by atoms with Crippen LogP contribution in [-0.2, 0) is 0 Å². The van der Waals surface area contributed by atoms with Crippen molar-refractivity contribution in [2.45, 2.75) is 0 Å². The Morgan fingerprint density at radius 3 is 2.00 bits per heavy atom. The van der Waals surface area contributed by atoms with Crippen molar-refractivity contribution in [1.29, 1.82) is 0 Å². The molecule has 0 spiro atoms. The number of ether oxygens (including phenoxy) is 1. The maximum absolute atomic E-state index is 5.11. The summed E-state index contributed by atoms with van der Waals surface area (Å²) in [5, 5.41) is 5.81. The molecule has 1 aromatic rings. The summed E-state index contributed by atoms with van der Waals surface area (Å²) in [6.07, 6.45) is 1.47. The number of aromatic nitrogens is 2. The Bertz CT molecular complexity index is 241. The van der Waals surface area contributed by atoms with Crippen molar-refractivity contribution in [2.24, 2.45) is 0 Å². The lowest BCUT2D eigenvalue weighted by Crippen LogP contribution is -2.02. The Balaban J connectivity index is 3.13. The van der Waals surface area contributed by atoms with Crippen molar-refractivity contribution in [2.75, 3.05) is 31.8 Å². The molecule has 1 aromatic heterocycles. The predicted molar refractivity (Wildman–Crippen MR) is 47.7 cm³/mol. The molecule has 0 saturated heterocycles. The summed E-state index contributed by atoms with van der Waals surface area (Å²) in [4.78, 5) is 7.98. The summed E-state index contributed by atoms with van der Waals surface area (Å²) in [6.45, 7) is 0. The van der Waals surface area contributed by atoms with Crippen LogP contribution in [0.3, 0.4) is 0 Å². The monoisotopic (exact) mass is 168 g/mol. The third kappa shape index (κ3) is 1.39. The second kappa shape index (κ2) is 3.75. The van der Waals surface area contributed by atoms with E-state index in [1.54, 1.807) is 21.2 Å². The highest BCUT2D eigenvalue weighted by molar-refractivity contribution is 5.62. The van der Waals surface area contributed by atoms with Gasteiger partial charge in [-0.15, -0.1) is 0 Å². The van der Waals surface area contributed by atoms with E-state index in [-0.39, 0.29) is 0 Å². The number of nitrogens with zero attached hydrogens (tertiary/aromatic N) is 2. The van der Waals surface area contributed by atoms with Gasteiger partial charge in [0.15, 0.2) is 11.6 Å². The molecule has 0 amide bonds. The lowest BCUT2D eigenvalue weighted by molar-refractivity contribution is 0.415. The molecule has 1 heterocycles. The average Bonchev–Trinajstić information content (AvgIpc) is 2.16. The minimum atomic E-state index is 0.627. The van der Waals surface area contributed by atoms with E-state index in [9.17, 15) is 0 Å². The fourth-order valence-corrected chi connectivity index (χ4v) is 0.923. The van der Waals surface area contributed by atoms with Gasteiger partial charge in [-0.05, 0) is 0 Å². The zero-order valence-electron chi connectivity index (χ0n) is 7.38. The molecule has 0 saturated carbocycles. The summed E-state index contributed by atoms with van der Waals surface area (Å²) in [5.74, 6) is 1.98. The Kier molecular flexibility index (Phi) is 2.68. The fourth-order valence-electron chi connectivity index (χ4n) is 0.923. The van der Waals surface area contributed by atoms with E-state index in [1.165, 1.54) is 6.33 Å². The van der Waals surface area contributed by atoms with Crippen molar-refractivity contribution >= 4 is 11.6 Å². The molecule has 0 aliphatic heterocycles. The second-order valence-electron chi connectivity index (χ2n) is 2.10. The van der Waals surface area contributed by atoms with E-state index >= 15 is 0 Å². The van der Waals surface area contributed by atoms with Crippen LogP contribution in [0.15, 0.2) is 6.33 Å². The van der Waals surface area contributed by atoms with Crippen LogP contribution in [0, 0.1) is 0 Å². The zero-order valence-corrected chi connectivity index (χ0v) is 7.38. The standard InChI is InChI=1S/C7H12N4O/c1-8-6-5(12-3)7(9-2)11-4-10-6/h4H,1-3H3,(H2,8,9,10,11). The van der Waals surface area contributed by atoms with Crippen molar-refractivity contribution in [3.8, 4) is 5.75 Å². The smallest absolute Gasteiger partial charge is 0.204 e. The molecule has 5 nitrogen and oxygen atoms in total. The first kappa shape index (κ1) is 8.58. The molecule has 0 atom stereocenters. The van der Waals surface area contributed by atoms with E-state index in [4.69, 9.17) is 4.74 Å². The van der Waals surface area contributed by atoms with E-state index in [2.05, 4.69) is 20.6 Å². The zero-order chi connectivity index (χ0) is 8.97. The van der Waals surface area contributed by atoms with Crippen molar-refractivity contribution in [3.05, 3.63) is 6.33 Å². The van der Waals surface area contributed by atoms with E-state index < -0.39 is 0 Å². The van der Waals surface area contributed by atoms with Crippen LogP contribution in [0.5, 0.6) is 5.75 Å². The summed E-state index contributed by atoms with van der Waals surface area (Å²) in [5.41, 5.74) is 0. The number of hydrogen-bond acceptors (Lipinski definition) is 5. The van der Waals surface area contributed by atoms with Gasteiger partial charge in [0.2, 0.25) is 5.75 Å². The average molecular weight is 168 g/mol. The van der Waals surface area contributed by atoms with Crippen LogP contribution in [0.4, 0.5) is 11.6 Å². The molecule has 0 unspecified atom stereocenters. The highest BCUT2D eigenvalue weighted by Gasteiger charge is 2.08. The Hall–Kier alpha value is -1.52. The number of methoxy groups -OCH3 is 1. The molecule has 1 rings (SSSR count). The quantitative estimate of drug-likeness (QED) is 0.691. The molecule has 0 aliphatic rings. The molecule has 0 radical (unpaired) electrons. The third-order valence-electron chi connectivity index (χ3n) is 1.48. The van der Waals surface area contributed by atoms with Crippen LogP contribution in [0.1, 0.15) is 0 Å². The van der Waals surface area contributed by atoms with Crippen LogP contribution in [-0.4, -0.2) is 31.2 Å². The predicted octanol–water partition coefficient (Wildman–Crippen LogP) is 0.569. The Morgan fingerprint density at radius 2 is 1.67 bits per heavy atom. The molecule has 2 N–H and O–H groups in total. The normalized spacial score (nSPS) is 9.25. The van der Waals surface area contributed by atoms with E-state index in [0.29, 0.717) is 17.4 Å². The first-order valence-electron chi connectivity index (χ1n) is 3.58. The molecular formula is C7H12N4O. The van der Waals surface area contributed by atoms with Gasteiger partial charge >= 0.3 is 0 Å². The largest absolute Gasteiger partial charge is 0.490 e. The van der Waals surface area contributed by atoms with Crippen LogP contribution in [0.2, 0.25) is 0 Å². The summed E-state index contributed by atoms with van der Waals surface area (Å²) >= 11 is 0. The minimum absolute atomic E-state index is 0.627. The SMILES string of the molecule is CNc1ncnc(NC)c1OC. The molecule has 0 fully saturated rings. The van der Waals surface area contributed by atoms with Gasteiger partial charge in [0.05, 0.1) is 7.11 Å². The van der Waals surface area contributed by atoms with Crippen LogP contribution >= 0.6 is 0 Å². The first-order valence-corrected chi connectivity index (χ1v) is 3.58. The van der Waals surface area contributed by atoms with E-state index in [1.807, 2.05) is 0 Å².